The van der Waals surface area contributed by atoms with Crippen LogP contribution in [0.5, 0.6) is 5.75 Å². The molecule has 66 valence electrons. The quantitative estimate of drug-likeness (QED) is 0.658. The van der Waals surface area contributed by atoms with E-state index in [0.29, 0.717) is 29.8 Å². The van der Waals surface area contributed by atoms with Gasteiger partial charge in [0.2, 0.25) is 0 Å². The van der Waals surface area contributed by atoms with Crippen LogP contribution in [0.2, 0.25) is 0 Å². The zero-order chi connectivity index (χ0) is 9.68. The highest BCUT2D eigenvalue weighted by Crippen LogP contribution is 2.18. The normalized spacial score (nSPS) is 8.92. The van der Waals surface area contributed by atoms with E-state index in [1.807, 2.05) is 13.0 Å². The van der Waals surface area contributed by atoms with Crippen molar-refractivity contribution in [1.82, 2.24) is 0 Å². The smallest absolute Gasteiger partial charge is 0.150 e. The highest BCUT2D eigenvalue weighted by Gasteiger charge is 2.02. The van der Waals surface area contributed by atoms with Gasteiger partial charge in [-0.2, -0.15) is 5.26 Å². The number of nitriles is 1. The number of ether oxygens (including phenoxy) is 1. The van der Waals surface area contributed by atoms with Crippen molar-refractivity contribution in [3.05, 3.63) is 29.3 Å². The van der Waals surface area contributed by atoms with E-state index in [4.69, 9.17) is 10.00 Å². The molecule has 0 saturated heterocycles. The van der Waals surface area contributed by atoms with Crippen LogP contribution >= 0.6 is 0 Å². The average Bonchev–Trinajstić information content (AvgIpc) is 2.19. The fourth-order valence-electron chi connectivity index (χ4n) is 0.990. The lowest BCUT2D eigenvalue weighted by Gasteiger charge is -2.04. The van der Waals surface area contributed by atoms with Gasteiger partial charge in [-0.1, -0.05) is 0 Å². The minimum absolute atomic E-state index is 0.395. The highest BCUT2D eigenvalue weighted by atomic mass is 16.5. The van der Waals surface area contributed by atoms with Gasteiger partial charge in [-0.15, -0.1) is 0 Å². The molecule has 0 bridgehead atoms. The fourth-order valence-corrected chi connectivity index (χ4v) is 0.990. The molecule has 3 heteroatoms. The first-order valence-corrected chi connectivity index (χ1v) is 3.94. The molecule has 0 spiro atoms. The largest absolute Gasteiger partial charge is 0.492 e. The van der Waals surface area contributed by atoms with Gasteiger partial charge in [-0.05, 0) is 25.1 Å². The van der Waals surface area contributed by atoms with Crippen LogP contribution in [0.1, 0.15) is 22.8 Å². The van der Waals surface area contributed by atoms with Crippen molar-refractivity contribution in [2.45, 2.75) is 6.92 Å². The first-order chi connectivity index (χ1) is 6.31. The van der Waals surface area contributed by atoms with E-state index in [0.717, 1.165) is 0 Å². The molecule has 0 aliphatic carbocycles. The summed E-state index contributed by atoms with van der Waals surface area (Å²) >= 11 is 0. The van der Waals surface area contributed by atoms with Crippen molar-refractivity contribution < 1.29 is 9.53 Å². The molecule has 0 fully saturated rings. The lowest BCUT2D eigenvalue weighted by molar-refractivity contribution is 0.112. The summed E-state index contributed by atoms with van der Waals surface area (Å²) in [6.07, 6.45) is 0.705. The third-order valence-electron chi connectivity index (χ3n) is 1.56. The molecule has 1 aromatic carbocycles. The van der Waals surface area contributed by atoms with Crippen molar-refractivity contribution in [2.24, 2.45) is 0 Å². The molecule has 0 amide bonds. The molecule has 0 aromatic heterocycles. The molecule has 0 aliphatic heterocycles. The van der Waals surface area contributed by atoms with Gasteiger partial charge in [-0.3, -0.25) is 4.79 Å². The van der Waals surface area contributed by atoms with Crippen LogP contribution in [0.3, 0.4) is 0 Å². The maximum atomic E-state index is 10.4. The van der Waals surface area contributed by atoms with Crippen LogP contribution < -0.4 is 4.74 Å². The SMILES string of the molecule is CCOc1ccc(C=O)cc1C#N. The third kappa shape index (κ3) is 2.06. The third-order valence-corrected chi connectivity index (χ3v) is 1.56. The lowest BCUT2D eigenvalue weighted by Crippen LogP contribution is -1.95. The van der Waals surface area contributed by atoms with Gasteiger partial charge in [0.05, 0.1) is 12.2 Å². The van der Waals surface area contributed by atoms with Crippen LogP contribution in [0.25, 0.3) is 0 Å². The monoisotopic (exact) mass is 175 g/mol. The van der Waals surface area contributed by atoms with E-state index in [-0.39, 0.29) is 0 Å². The van der Waals surface area contributed by atoms with Gasteiger partial charge in [0.1, 0.15) is 18.1 Å². The molecule has 0 N–H and O–H groups in total. The predicted octanol–water partition coefficient (Wildman–Crippen LogP) is 1.77. The Morgan fingerprint density at radius 1 is 1.62 bits per heavy atom. The summed E-state index contributed by atoms with van der Waals surface area (Å²) in [5.74, 6) is 0.524. The van der Waals surface area contributed by atoms with Crippen molar-refractivity contribution in [2.75, 3.05) is 6.61 Å². The number of rotatable bonds is 3. The highest BCUT2D eigenvalue weighted by molar-refractivity contribution is 5.76. The summed E-state index contributed by atoms with van der Waals surface area (Å²) in [5.41, 5.74) is 0.881. The molecule has 0 heterocycles. The molecule has 1 rings (SSSR count). The van der Waals surface area contributed by atoms with Gasteiger partial charge >= 0.3 is 0 Å². The standard InChI is InChI=1S/C10H9NO2/c1-2-13-10-4-3-8(7-12)5-9(10)6-11/h3-5,7H,2H2,1H3. The van der Waals surface area contributed by atoms with Gasteiger partial charge in [0, 0.05) is 5.56 Å². The average molecular weight is 175 g/mol. The van der Waals surface area contributed by atoms with Crippen molar-refractivity contribution in [3.63, 3.8) is 0 Å². The van der Waals surface area contributed by atoms with Crippen LogP contribution in [0.4, 0.5) is 0 Å². The number of carbonyl (C=O) groups excluding carboxylic acids is 1. The zero-order valence-corrected chi connectivity index (χ0v) is 7.28. The molecule has 0 saturated carbocycles. The second kappa shape index (κ2) is 4.27. The van der Waals surface area contributed by atoms with Crippen LogP contribution in [-0.2, 0) is 0 Å². The number of hydrogen-bond acceptors (Lipinski definition) is 3. The van der Waals surface area contributed by atoms with Crippen LogP contribution in [-0.4, -0.2) is 12.9 Å². The Morgan fingerprint density at radius 3 is 2.92 bits per heavy atom. The minimum Gasteiger partial charge on any atom is -0.492 e. The van der Waals surface area contributed by atoms with Crippen molar-refractivity contribution in [3.8, 4) is 11.8 Å². The molecule has 0 radical (unpaired) electrons. The summed E-state index contributed by atoms with van der Waals surface area (Å²) in [7, 11) is 0. The van der Waals surface area contributed by atoms with Crippen LogP contribution in [0.15, 0.2) is 18.2 Å². The number of aldehydes is 1. The summed E-state index contributed by atoms with van der Waals surface area (Å²) in [5, 5.41) is 8.72. The number of hydrogen-bond donors (Lipinski definition) is 0. The maximum Gasteiger partial charge on any atom is 0.150 e. The Bertz CT molecular complexity index is 352. The Balaban J connectivity index is 3.09. The van der Waals surface area contributed by atoms with Gasteiger partial charge in [0.25, 0.3) is 0 Å². The predicted molar refractivity (Wildman–Crippen MR) is 47.7 cm³/mol. The Morgan fingerprint density at radius 2 is 2.38 bits per heavy atom. The molecular formula is C10H9NO2. The minimum atomic E-state index is 0.395. The van der Waals surface area contributed by atoms with Gasteiger partial charge in [-0.25, -0.2) is 0 Å². The van der Waals surface area contributed by atoms with Gasteiger partial charge < -0.3 is 4.74 Å². The molecule has 0 aliphatic rings. The first-order valence-electron chi connectivity index (χ1n) is 3.94. The van der Waals surface area contributed by atoms with E-state index in [1.165, 1.54) is 6.07 Å². The van der Waals surface area contributed by atoms with Crippen LogP contribution in [0, 0.1) is 11.3 Å². The van der Waals surface area contributed by atoms with E-state index in [9.17, 15) is 4.79 Å². The first kappa shape index (κ1) is 9.27. The van der Waals surface area contributed by atoms with Crippen molar-refractivity contribution >= 4 is 6.29 Å². The zero-order valence-electron chi connectivity index (χ0n) is 7.28. The Kier molecular flexibility index (Phi) is 3.04. The summed E-state index contributed by atoms with van der Waals surface area (Å²) in [6, 6.07) is 6.74. The Labute approximate surface area is 76.6 Å². The van der Waals surface area contributed by atoms with Crippen molar-refractivity contribution in [1.29, 1.82) is 5.26 Å². The number of benzene rings is 1. The second-order valence-corrected chi connectivity index (χ2v) is 2.42. The summed E-state index contributed by atoms with van der Waals surface area (Å²) < 4.78 is 5.19. The molecule has 3 nitrogen and oxygen atoms in total. The molecule has 13 heavy (non-hydrogen) atoms. The number of nitrogens with zero attached hydrogens (tertiary/aromatic N) is 1. The Hall–Kier alpha value is -1.82. The summed E-state index contributed by atoms with van der Waals surface area (Å²) in [4.78, 5) is 10.4. The number of carbonyl (C=O) groups is 1. The summed E-state index contributed by atoms with van der Waals surface area (Å²) in [6.45, 7) is 2.35. The fraction of sp³-hybridized carbons (Fsp3) is 0.200. The van der Waals surface area contributed by atoms with E-state index in [2.05, 4.69) is 0 Å². The van der Waals surface area contributed by atoms with E-state index >= 15 is 0 Å². The molecular weight excluding hydrogens is 166 g/mol. The van der Waals surface area contributed by atoms with Gasteiger partial charge in [0.15, 0.2) is 0 Å². The van der Waals surface area contributed by atoms with E-state index < -0.39 is 0 Å². The molecule has 0 unspecified atom stereocenters. The second-order valence-electron chi connectivity index (χ2n) is 2.42. The molecule has 0 atom stereocenters. The lowest BCUT2D eigenvalue weighted by atomic mass is 10.1. The van der Waals surface area contributed by atoms with E-state index in [1.54, 1.807) is 12.1 Å². The maximum absolute atomic E-state index is 10.4. The topological polar surface area (TPSA) is 50.1 Å². The molecule has 1 aromatic rings.